The summed E-state index contributed by atoms with van der Waals surface area (Å²) in [6, 6.07) is 10.2. The molecule has 0 atom stereocenters. The fourth-order valence-corrected chi connectivity index (χ4v) is 1.98. The van der Waals surface area contributed by atoms with Crippen LogP contribution in [0.15, 0.2) is 30.3 Å². The number of hydrogen-bond donors (Lipinski definition) is 0. The normalized spacial score (nSPS) is 11.6. The molecule has 0 saturated carbocycles. The molecule has 0 spiro atoms. The van der Waals surface area contributed by atoms with Gasteiger partial charge in [-0.05, 0) is 30.2 Å². The largest absolute Gasteiger partial charge is 0.223 e. The Morgan fingerprint density at radius 1 is 1.06 bits per heavy atom. The highest BCUT2D eigenvalue weighted by Gasteiger charge is 2.18. The van der Waals surface area contributed by atoms with Gasteiger partial charge >= 0.3 is 0 Å². The van der Waals surface area contributed by atoms with Gasteiger partial charge in [-0.1, -0.05) is 45.0 Å². The lowest BCUT2D eigenvalue weighted by atomic mass is 9.91. The molecule has 2 nitrogen and oxygen atoms in total. The maximum Gasteiger partial charge on any atom is 0.223 e. The summed E-state index contributed by atoms with van der Waals surface area (Å²) in [4.78, 5) is 8.65. The summed E-state index contributed by atoms with van der Waals surface area (Å²) in [5, 5.41) is 0.306. The molecule has 18 heavy (non-hydrogen) atoms. The molecule has 0 N–H and O–H groups in total. The van der Waals surface area contributed by atoms with Crippen LogP contribution in [0, 0.1) is 6.92 Å². The van der Waals surface area contributed by atoms with Gasteiger partial charge in [0, 0.05) is 11.0 Å². The quantitative estimate of drug-likeness (QED) is 0.710. The van der Waals surface area contributed by atoms with Crippen molar-refractivity contribution < 1.29 is 0 Å². The van der Waals surface area contributed by atoms with Crippen LogP contribution in [-0.2, 0) is 5.41 Å². The number of nitrogens with zero attached hydrogens (tertiary/aromatic N) is 2. The number of hydrogen-bond acceptors (Lipinski definition) is 2. The van der Waals surface area contributed by atoms with Crippen LogP contribution in [0.25, 0.3) is 11.3 Å². The first-order chi connectivity index (χ1) is 8.38. The summed E-state index contributed by atoms with van der Waals surface area (Å²) in [6.45, 7) is 8.43. The van der Waals surface area contributed by atoms with Crippen LogP contribution in [-0.4, -0.2) is 9.97 Å². The van der Waals surface area contributed by atoms with Crippen LogP contribution in [0.4, 0.5) is 0 Å². The Kier molecular flexibility index (Phi) is 3.40. The molecule has 0 bridgehead atoms. The van der Waals surface area contributed by atoms with Gasteiger partial charge in [-0.25, -0.2) is 9.97 Å². The van der Waals surface area contributed by atoms with E-state index in [0.717, 1.165) is 17.0 Å². The Hall–Kier alpha value is -1.41. The van der Waals surface area contributed by atoms with Crippen molar-refractivity contribution in [3.05, 3.63) is 46.9 Å². The molecule has 0 aliphatic rings. The minimum Gasteiger partial charge on any atom is -0.222 e. The second-order valence-corrected chi connectivity index (χ2v) is 5.81. The topological polar surface area (TPSA) is 25.8 Å². The lowest BCUT2D eigenvalue weighted by molar-refractivity contribution is 0.567. The minimum absolute atomic E-state index is 0.0377. The third kappa shape index (κ3) is 2.70. The number of rotatable bonds is 1. The van der Waals surface area contributed by atoms with Crippen LogP contribution >= 0.6 is 11.6 Å². The predicted molar refractivity (Wildman–Crippen MR) is 75.9 cm³/mol. The second kappa shape index (κ2) is 4.69. The summed E-state index contributed by atoms with van der Waals surface area (Å²) in [5.74, 6) is 0. The van der Waals surface area contributed by atoms with Crippen molar-refractivity contribution in [2.75, 3.05) is 0 Å². The molecule has 2 aromatic rings. The van der Waals surface area contributed by atoms with Gasteiger partial charge in [0.05, 0.1) is 11.4 Å². The number of benzene rings is 1. The fourth-order valence-electron chi connectivity index (χ4n) is 1.80. The van der Waals surface area contributed by atoms with Crippen LogP contribution < -0.4 is 0 Å². The highest BCUT2D eigenvalue weighted by molar-refractivity contribution is 6.28. The Balaban J connectivity index is 2.60. The van der Waals surface area contributed by atoms with Gasteiger partial charge in [0.15, 0.2) is 0 Å². The van der Waals surface area contributed by atoms with Crippen molar-refractivity contribution in [1.29, 1.82) is 0 Å². The molecule has 0 aliphatic carbocycles. The van der Waals surface area contributed by atoms with E-state index in [4.69, 9.17) is 11.6 Å². The van der Waals surface area contributed by atoms with E-state index in [-0.39, 0.29) is 5.41 Å². The molecule has 0 saturated heterocycles. The maximum atomic E-state index is 6.04. The third-order valence-electron chi connectivity index (χ3n) is 2.89. The molecular weight excluding hydrogens is 244 g/mol. The second-order valence-electron chi connectivity index (χ2n) is 5.47. The Labute approximate surface area is 113 Å². The van der Waals surface area contributed by atoms with E-state index in [2.05, 4.69) is 49.8 Å². The molecule has 3 heteroatoms. The van der Waals surface area contributed by atoms with Gasteiger partial charge in [0.25, 0.3) is 0 Å². The number of aromatic nitrogens is 2. The van der Waals surface area contributed by atoms with Gasteiger partial charge in [0.1, 0.15) is 0 Å². The van der Waals surface area contributed by atoms with E-state index in [1.807, 2.05) is 18.2 Å². The van der Waals surface area contributed by atoms with Crippen LogP contribution in [0.1, 0.15) is 32.0 Å². The molecule has 1 aromatic carbocycles. The van der Waals surface area contributed by atoms with E-state index in [1.54, 1.807) is 0 Å². The summed E-state index contributed by atoms with van der Waals surface area (Å²) >= 11 is 6.04. The lowest BCUT2D eigenvalue weighted by Gasteiger charge is -2.18. The zero-order chi connectivity index (χ0) is 13.3. The first kappa shape index (κ1) is 13.0. The molecule has 0 radical (unpaired) electrons. The zero-order valence-electron chi connectivity index (χ0n) is 11.2. The van der Waals surface area contributed by atoms with E-state index in [1.165, 1.54) is 5.56 Å². The lowest BCUT2D eigenvalue weighted by Crippen LogP contribution is -2.14. The van der Waals surface area contributed by atoms with Gasteiger partial charge in [-0.15, -0.1) is 0 Å². The van der Waals surface area contributed by atoms with Crippen LogP contribution in [0.3, 0.4) is 0 Å². The van der Waals surface area contributed by atoms with Crippen molar-refractivity contribution >= 4 is 11.6 Å². The minimum atomic E-state index is -0.0377. The molecule has 0 unspecified atom stereocenters. The predicted octanol–water partition coefficient (Wildman–Crippen LogP) is 4.40. The average molecular weight is 261 g/mol. The SMILES string of the molecule is Cc1ccccc1-c1cc(C(C)(C)C)nc(Cl)n1. The Bertz CT molecular complexity index is 571. The van der Waals surface area contributed by atoms with Gasteiger partial charge in [0.2, 0.25) is 5.28 Å². The van der Waals surface area contributed by atoms with Crippen molar-refractivity contribution in [1.82, 2.24) is 9.97 Å². The van der Waals surface area contributed by atoms with E-state index in [0.29, 0.717) is 5.28 Å². The molecule has 2 rings (SSSR count). The molecule has 0 amide bonds. The highest BCUT2D eigenvalue weighted by Crippen LogP contribution is 2.27. The van der Waals surface area contributed by atoms with Crippen molar-refractivity contribution in [2.24, 2.45) is 0 Å². The Morgan fingerprint density at radius 2 is 1.72 bits per heavy atom. The molecule has 0 aliphatic heterocycles. The summed E-state index contributed by atoms with van der Waals surface area (Å²) < 4.78 is 0. The molecular formula is C15H17ClN2. The van der Waals surface area contributed by atoms with Crippen molar-refractivity contribution in [3.8, 4) is 11.3 Å². The molecule has 94 valence electrons. The van der Waals surface area contributed by atoms with Crippen LogP contribution in [0.2, 0.25) is 5.28 Å². The number of halogens is 1. The first-order valence-corrected chi connectivity index (χ1v) is 6.37. The van der Waals surface area contributed by atoms with Crippen LogP contribution in [0.5, 0.6) is 0 Å². The number of aryl methyl sites for hydroxylation is 1. The Morgan fingerprint density at radius 3 is 2.33 bits per heavy atom. The smallest absolute Gasteiger partial charge is 0.222 e. The molecule has 1 aromatic heterocycles. The average Bonchev–Trinajstić information content (AvgIpc) is 2.27. The van der Waals surface area contributed by atoms with E-state index >= 15 is 0 Å². The summed E-state index contributed by atoms with van der Waals surface area (Å²) in [7, 11) is 0. The fraction of sp³-hybridized carbons (Fsp3) is 0.333. The maximum absolute atomic E-state index is 6.04. The highest BCUT2D eigenvalue weighted by atomic mass is 35.5. The third-order valence-corrected chi connectivity index (χ3v) is 3.06. The monoisotopic (exact) mass is 260 g/mol. The van der Waals surface area contributed by atoms with Gasteiger partial charge in [-0.2, -0.15) is 0 Å². The van der Waals surface area contributed by atoms with Crippen molar-refractivity contribution in [3.63, 3.8) is 0 Å². The van der Waals surface area contributed by atoms with E-state index < -0.39 is 0 Å². The van der Waals surface area contributed by atoms with Gasteiger partial charge in [-0.3, -0.25) is 0 Å². The standard InChI is InChI=1S/C15H17ClN2/c1-10-7-5-6-8-11(10)12-9-13(15(2,3)4)18-14(16)17-12/h5-9H,1-4H3. The van der Waals surface area contributed by atoms with Crippen molar-refractivity contribution in [2.45, 2.75) is 33.1 Å². The summed E-state index contributed by atoms with van der Waals surface area (Å²) in [6.07, 6.45) is 0. The van der Waals surface area contributed by atoms with E-state index in [9.17, 15) is 0 Å². The molecule has 1 heterocycles. The van der Waals surface area contributed by atoms with Gasteiger partial charge < -0.3 is 0 Å². The zero-order valence-corrected chi connectivity index (χ0v) is 11.9. The molecule has 0 fully saturated rings. The summed E-state index contributed by atoms with van der Waals surface area (Å²) in [5.41, 5.74) is 4.10. The first-order valence-electron chi connectivity index (χ1n) is 5.99.